The maximum Gasteiger partial charge on any atom is 0.350 e. The van der Waals surface area contributed by atoms with Gasteiger partial charge in [-0.1, -0.05) is 18.2 Å². The normalized spacial score (nSPS) is 27.1. The van der Waals surface area contributed by atoms with Crippen molar-refractivity contribution in [2.45, 2.75) is 25.6 Å². The van der Waals surface area contributed by atoms with Crippen LogP contribution in [0.15, 0.2) is 24.3 Å². The summed E-state index contributed by atoms with van der Waals surface area (Å²) in [5, 5.41) is 10.3. The topological polar surface area (TPSA) is 55.8 Å². The van der Waals surface area contributed by atoms with Crippen molar-refractivity contribution in [1.82, 2.24) is 0 Å². The van der Waals surface area contributed by atoms with Crippen molar-refractivity contribution >= 4 is 5.97 Å². The number of ether oxygens (including phenoxy) is 2. The van der Waals surface area contributed by atoms with Gasteiger partial charge in [0.2, 0.25) is 6.10 Å². The Balaban J connectivity index is 2.32. The molecule has 0 aromatic heterocycles. The second kappa shape index (κ2) is 3.79. The minimum Gasteiger partial charge on any atom is -0.475 e. The Hall–Kier alpha value is -1.55. The van der Waals surface area contributed by atoms with Crippen LogP contribution >= 0.6 is 0 Å². The van der Waals surface area contributed by atoms with E-state index >= 15 is 0 Å². The van der Waals surface area contributed by atoms with Gasteiger partial charge in [0, 0.05) is 5.56 Å². The Morgan fingerprint density at radius 3 is 2.88 bits per heavy atom. The van der Waals surface area contributed by atoms with Gasteiger partial charge < -0.3 is 14.6 Å². The van der Waals surface area contributed by atoms with Gasteiger partial charge in [0.25, 0.3) is 0 Å². The second-order valence-electron chi connectivity index (χ2n) is 3.89. The standard InChI is InChI=1S/C12H14O4/c1-3-15-11(13)10-12(2,14)8-6-4-5-7-9(8)16-10/h4-7,10,14H,3H2,1-2H3/t10-,12+/m1/s1. The lowest BCUT2D eigenvalue weighted by atomic mass is 9.92. The summed E-state index contributed by atoms with van der Waals surface area (Å²) in [6.45, 7) is 3.54. The molecule has 0 saturated heterocycles. The van der Waals surface area contributed by atoms with Crippen molar-refractivity contribution in [3.8, 4) is 5.75 Å². The van der Waals surface area contributed by atoms with Crippen molar-refractivity contribution in [1.29, 1.82) is 0 Å². The van der Waals surface area contributed by atoms with Gasteiger partial charge in [-0.2, -0.15) is 0 Å². The molecule has 0 fully saturated rings. The van der Waals surface area contributed by atoms with E-state index in [4.69, 9.17) is 9.47 Å². The van der Waals surface area contributed by atoms with Crippen LogP contribution in [0.3, 0.4) is 0 Å². The molecule has 0 aliphatic carbocycles. The first-order valence-electron chi connectivity index (χ1n) is 5.22. The van der Waals surface area contributed by atoms with Crippen LogP contribution in [0.4, 0.5) is 0 Å². The maximum absolute atomic E-state index is 11.6. The lowest BCUT2D eigenvalue weighted by Crippen LogP contribution is -2.42. The molecule has 0 bridgehead atoms. The molecular formula is C12H14O4. The molecule has 16 heavy (non-hydrogen) atoms. The van der Waals surface area contributed by atoms with Gasteiger partial charge in [0.05, 0.1) is 6.61 Å². The lowest BCUT2D eigenvalue weighted by molar-refractivity contribution is -0.161. The molecular weight excluding hydrogens is 208 g/mol. The first-order chi connectivity index (χ1) is 7.57. The molecule has 0 unspecified atom stereocenters. The van der Waals surface area contributed by atoms with Crippen LogP contribution in [-0.4, -0.2) is 23.8 Å². The highest BCUT2D eigenvalue weighted by atomic mass is 16.6. The van der Waals surface area contributed by atoms with Crippen LogP contribution in [0.2, 0.25) is 0 Å². The SMILES string of the molecule is CCOC(=O)[C@H]1Oc2ccccc2[C@]1(C)O. The van der Waals surface area contributed by atoms with E-state index in [0.717, 1.165) is 0 Å². The number of esters is 1. The average molecular weight is 222 g/mol. The van der Waals surface area contributed by atoms with Gasteiger partial charge in [-0.25, -0.2) is 4.79 Å². The summed E-state index contributed by atoms with van der Waals surface area (Å²) >= 11 is 0. The molecule has 1 aromatic rings. The number of aliphatic hydroxyl groups is 1. The van der Waals surface area contributed by atoms with Crippen LogP contribution in [0.25, 0.3) is 0 Å². The Kier molecular flexibility index (Phi) is 2.59. The van der Waals surface area contributed by atoms with E-state index in [1.807, 2.05) is 0 Å². The molecule has 1 aromatic carbocycles. The number of rotatable bonds is 2. The summed E-state index contributed by atoms with van der Waals surface area (Å²) in [5.41, 5.74) is -0.712. The van der Waals surface area contributed by atoms with Crippen molar-refractivity contribution in [3.63, 3.8) is 0 Å². The minimum atomic E-state index is -1.33. The summed E-state index contributed by atoms with van der Waals surface area (Å²) in [6.07, 6.45) is -0.982. The highest BCUT2D eigenvalue weighted by Crippen LogP contribution is 2.41. The van der Waals surface area contributed by atoms with E-state index in [1.54, 1.807) is 38.1 Å². The van der Waals surface area contributed by atoms with Gasteiger partial charge >= 0.3 is 5.97 Å². The minimum absolute atomic E-state index is 0.269. The quantitative estimate of drug-likeness (QED) is 0.764. The van der Waals surface area contributed by atoms with Crippen LogP contribution in [0.1, 0.15) is 19.4 Å². The van der Waals surface area contributed by atoms with E-state index in [0.29, 0.717) is 11.3 Å². The van der Waals surface area contributed by atoms with Crippen LogP contribution in [0.5, 0.6) is 5.75 Å². The fourth-order valence-electron chi connectivity index (χ4n) is 1.87. The van der Waals surface area contributed by atoms with Gasteiger partial charge in [-0.3, -0.25) is 0 Å². The fourth-order valence-corrected chi connectivity index (χ4v) is 1.87. The van der Waals surface area contributed by atoms with Crippen molar-refractivity contribution in [2.24, 2.45) is 0 Å². The van der Waals surface area contributed by atoms with Crippen LogP contribution in [-0.2, 0) is 15.1 Å². The van der Waals surface area contributed by atoms with Gasteiger partial charge in [-0.15, -0.1) is 0 Å². The number of benzene rings is 1. The smallest absolute Gasteiger partial charge is 0.350 e. The number of hydrogen-bond donors (Lipinski definition) is 1. The summed E-state index contributed by atoms with van der Waals surface area (Å²) in [4.78, 5) is 11.6. The summed E-state index contributed by atoms with van der Waals surface area (Å²) < 4.78 is 10.3. The highest BCUT2D eigenvalue weighted by Gasteiger charge is 2.48. The Morgan fingerprint density at radius 1 is 1.56 bits per heavy atom. The average Bonchev–Trinajstić information content (AvgIpc) is 2.52. The molecule has 4 nitrogen and oxygen atoms in total. The number of hydrogen-bond acceptors (Lipinski definition) is 4. The molecule has 1 N–H and O–H groups in total. The van der Waals surface area contributed by atoms with E-state index in [9.17, 15) is 9.90 Å². The van der Waals surface area contributed by atoms with Crippen LogP contribution < -0.4 is 4.74 Å². The largest absolute Gasteiger partial charge is 0.475 e. The Bertz CT molecular complexity index is 411. The van der Waals surface area contributed by atoms with Gasteiger partial charge in [0.15, 0.2) is 0 Å². The monoisotopic (exact) mass is 222 g/mol. The summed E-state index contributed by atoms with van der Waals surface area (Å²) in [5.74, 6) is -0.00532. The highest BCUT2D eigenvalue weighted by molar-refractivity contribution is 5.78. The molecule has 0 saturated carbocycles. The van der Waals surface area contributed by atoms with E-state index in [-0.39, 0.29) is 6.61 Å². The molecule has 86 valence electrons. The Morgan fingerprint density at radius 2 is 2.25 bits per heavy atom. The third-order valence-corrected chi connectivity index (χ3v) is 2.69. The molecule has 1 aliphatic heterocycles. The third-order valence-electron chi connectivity index (χ3n) is 2.69. The van der Waals surface area contributed by atoms with Gasteiger partial charge in [-0.05, 0) is 19.9 Å². The van der Waals surface area contributed by atoms with E-state index < -0.39 is 17.7 Å². The van der Waals surface area contributed by atoms with Crippen LogP contribution in [0, 0.1) is 0 Å². The zero-order valence-corrected chi connectivity index (χ0v) is 9.27. The number of carbonyl (C=O) groups is 1. The molecule has 0 amide bonds. The predicted octanol–water partition coefficient (Wildman–Crippen LogP) is 1.22. The fraction of sp³-hybridized carbons (Fsp3) is 0.417. The zero-order valence-electron chi connectivity index (χ0n) is 9.27. The summed E-state index contributed by atoms with van der Waals surface area (Å²) in [6, 6.07) is 7.06. The van der Waals surface area contributed by atoms with Gasteiger partial charge in [0.1, 0.15) is 11.4 Å². The van der Waals surface area contributed by atoms with Crippen molar-refractivity contribution in [3.05, 3.63) is 29.8 Å². The number of carbonyl (C=O) groups excluding carboxylic acids is 1. The molecule has 2 rings (SSSR count). The van der Waals surface area contributed by atoms with E-state index in [1.165, 1.54) is 0 Å². The zero-order chi connectivity index (χ0) is 11.8. The molecule has 1 aliphatic rings. The van der Waals surface area contributed by atoms with Crippen molar-refractivity contribution in [2.75, 3.05) is 6.61 Å². The maximum atomic E-state index is 11.6. The molecule has 2 atom stereocenters. The number of para-hydroxylation sites is 1. The lowest BCUT2D eigenvalue weighted by Gasteiger charge is -2.22. The second-order valence-corrected chi connectivity index (χ2v) is 3.89. The Labute approximate surface area is 93.8 Å². The first-order valence-corrected chi connectivity index (χ1v) is 5.22. The van der Waals surface area contributed by atoms with Crippen molar-refractivity contribution < 1.29 is 19.4 Å². The molecule has 1 heterocycles. The molecule has 0 spiro atoms. The number of fused-ring (bicyclic) bond motifs is 1. The third kappa shape index (κ3) is 1.55. The summed E-state index contributed by atoms with van der Waals surface area (Å²) in [7, 11) is 0. The van der Waals surface area contributed by atoms with E-state index in [2.05, 4.69) is 0 Å². The first kappa shape index (κ1) is 11.0. The predicted molar refractivity (Wildman–Crippen MR) is 57.1 cm³/mol. The molecule has 4 heteroatoms. The molecule has 0 radical (unpaired) electrons.